The summed E-state index contributed by atoms with van der Waals surface area (Å²) in [6, 6.07) is 4.47. The van der Waals surface area contributed by atoms with Crippen LogP contribution in [0.1, 0.15) is 26.7 Å². The molecule has 1 aliphatic heterocycles. The van der Waals surface area contributed by atoms with Gasteiger partial charge in [0.2, 0.25) is 0 Å². The molecule has 2 rings (SSSR count). The van der Waals surface area contributed by atoms with Crippen LogP contribution in [0.4, 0.5) is 11.5 Å². The van der Waals surface area contributed by atoms with Crippen molar-refractivity contribution >= 4 is 11.5 Å². The Morgan fingerprint density at radius 3 is 3.12 bits per heavy atom. The molecule has 0 amide bonds. The van der Waals surface area contributed by atoms with E-state index in [0.717, 1.165) is 37.5 Å². The highest BCUT2D eigenvalue weighted by molar-refractivity contribution is 5.52. The van der Waals surface area contributed by atoms with Gasteiger partial charge in [-0.05, 0) is 25.8 Å². The van der Waals surface area contributed by atoms with Crippen LogP contribution in [0, 0.1) is 0 Å². The molecular weight excluding hydrogens is 214 g/mol. The number of rotatable bonds is 5. The minimum atomic E-state index is 0.287. The second kappa shape index (κ2) is 5.87. The fraction of sp³-hybridized carbons (Fsp3) is 0.615. The van der Waals surface area contributed by atoms with Gasteiger partial charge < -0.3 is 15.4 Å². The van der Waals surface area contributed by atoms with Crippen LogP contribution in [0.3, 0.4) is 0 Å². The van der Waals surface area contributed by atoms with E-state index in [2.05, 4.69) is 35.5 Å². The SMILES string of the molecule is CCCNc1cc(NC2CCOC2C)ccn1. The smallest absolute Gasteiger partial charge is 0.127 e. The van der Waals surface area contributed by atoms with E-state index in [1.807, 2.05) is 12.3 Å². The summed E-state index contributed by atoms with van der Waals surface area (Å²) in [4.78, 5) is 4.29. The predicted molar refractivity (Wildman–Crippen MR) is 70.5 cm³/mol. The first-order chi connectivity index (χ1) is 8.29. The number of nitrogens with zero attached hydrogens (tertiary/aromatic N) is 1. The van der Waals surface area contributed by atoms with Crippen molar-refractivity contribution in [1.29, 1.82) is 0 Å². The van der Waals surface area contributed by atoms with Gasteiger partial charge in [-0.1, -0.05) is 6.92 Å². The first kappa shape index (κ1) is 12.2. The highest BCUT2D eigenvalue weighted by Crippen LogP contribution is 2.20. The second-order valence-electron chi connectivity index (χ2n) is 4.47. The molecule has 0 aromatic carbocycles. The Labute approximate surface area is 103 Å². The lowest BCUT2D eigenvalue weighted by Gasteiger charge is -2.17. The van der Waals surface area contributed by atoms with Gasteiger partial charge in [0.15, 0.2) is 0 Å². The van der Waals surface area contributed by atoms with Gasteiger partial charge in [-0.25, -0.2) is 4.98 Å². The summed E-state index contributed by atoms with van der Waals surface area (Å²) in [6.45, 7) is 6.07. The zero-order chi connectivity index (χ0) is 12.1. The van der Waals surface area contributed by atoms with Crippen molar-refractivity contribution in [3.05, 3.63) is 18.3 Å². The lowest BCUT2D eigenvalue weighted by atomic mass is 10.1. The van der Waals surface area contributed by atoms with E-state index in [4.69, 9.17) is 4.74 Å². The molecule has 2 N–H and O–H groups in total. The summed E-state index contributed by atoms with van der Waals surface area (Å²) in [5.74, 6) is 0.934. The van der Waals surface area contributed by atoms with Crippen LogP contribution in [-0.4, -0.2) is 30.3 Å². The summed E-state index contributed by atoms with van der Waals surface area (Å²) in [5, 5.41) is 6.79. The Hall–Kier alpha value is -1.29. The molecule has 0 bridgehead atoms. The molecule has 4 nitrogen and oxygen atoms in total. The fourth-order valence-corrected chi connectivity index (χ4v) is 2.01. The number of hydrogen-bond acceptors (Lipinski definition) is 4. The lowest BCUT2D eigenvalue weighted by Crippen LogP contribution is -2.26. The Balaban J connectivity index is 1.95. The van der Waals surface area contributed by atoms with Gasteiger partial charge in [0.1, 0.15) is 5.82 Å². The third-order valence-corrected chi connectivity index (χ3v) is 3.04. The molecule has 1 aromatic rings. The number of nitrogens with one attached hydrogen (secondary N) is 2. The topological polar surface area (TPSA) is 46.2 Å². The molecule has 4 heteroatoms. The first-order valence-corrected chi connectivity index (χ1v) is 6.37. The van der Waals surface area contributed by atoms with Crippen LogP contribution in [0.25, 0.3) is 0 Å². The quantitative estimate of drug-likeness (QED) is 0.823. The molecule has 1 saturated heterocycles. The summed E-state index contributed by atoms with van der Waals surface area (Å²) < 4.78 is 5.54. The van der Waals surface area contributed by atoms with Crippen molar-refractivity contribution in [2.75, 3.05) is 23.8 Å². The Kier molecular flexibility index (Phi) is 4.20. The number of pyridine rings is 1. The molecule has 2 heterocycles. The molecule has 1 fully saturated rings. The highest BCUT2D eigenvalue weighted by atomic mass is 16.5. The van der Waals surface area contributed by atoms with Crippen molar-refractivity contribution < 1.29 is 4.74 Å². The molecule has 2 atom stereocenters. The van der Waals surface area contributed by atoms with Gasteiger partial charge in [0.25, 0.3) is 0 Å². The van der Waals surface area contributed by atoms with Crippen molar-refractivity contribution in [1.82, 2.24) is 4.98 Å². The molecule has 94 valence electrons. The number of anilines is 2. The van der Waals surface area contributed by atoms with E-state index in [1.165, 1.54) is 0 Å². The molecule has 0 radical (unpaired) electrons. The van der Waals surface area contributed by atoms with Crippen LogP contribution in [0.2, 0.25) is 0 Å². The second-order valence-corrected chi connectivity index (χ2v) is 4.47. The standard InChI is InChI=1S/C13H21N3O/c1-3-6-14-13-9-11(4-7-15-13)16-12-5-8-17-10(12)2/h4,7,9-10,12H,3,5-6,8H2,1-2H3,(H2,14,15,16). The van der Waals surface area contributed by atoms with Gasteiger partial charge in [-0.3, -0.25) is 0 Å². The van der Waals surface area contributed by atoms with Crippen LogP contribution in [0.15, 0.2) is 18.3 Å². The molecule has 0 saturated carbocycles. The average Bonchev–Trinajstić information content (AvgIpc) is 2.73. The minimum absolute atomic E-state index is 0.287. The summed E-state index contributed by atoms with van der Waals surface area (Å²) >= 11 is 0. The normalized spacial score (nSPS) is 23.6. The minimum Gasteiger partial charge on any atom is -0.379 e. The molecule has 0 aliphatic carbocycles. The van der Waals surface area contributed by atoms with E-state index >= 15 is 0 Å². The Morgan fingerprint density at radius 2 is 2.41 bits per heavy atom. The van der Waals surface area contributed by atoms with Crippen molar-refractivity contribution in [2.24, 2.45) is 0 Å². The van der Waals surface area contributed by atoms with Gasteiger partial charge in [0.05, 0.1) is 12.1 Å². The Morgan fingerprint density at radius 1 is 1.53 bits per heavy atom. The van der Waals surface area contributed by atoms with Gasteiger partial charge >= 0.3 is 0 Å². The zero-order valence-corrected chi connectivity index (χ0v) is 10.6. The number of aromatic nitrogens is 1. The largest absolute Gasteiger partial charge is 0.379 e. The molecule has 0 spiro atoms. The average molecular weight is 235 g/mol. The number of ether oxygens (including phenoxy) is 1. The third kappa shape index (κ3) is 3.33. The van der Waals surface area contributed by atoms with Gasteiger partial charge in [-0.2, -0.15) is 0 Å². The van der Waals surface area contributed by atoms with Gasteiger partial charge in [-0.15, -0.1) is 0 Å². The molecular formula is C13H21N3O. The molecule has 17 heavy (non-hydrogen) atoms. The third-order valence-electron chi connectivity index (χ3n) is 3.04. The van der Waals surface area contributed by atoms with Crippen LogP contribution < -0.4 is 10.6 Å². The first-order valence-electron chi connectivity index (χ1n) is 6.37. The monoisotopic (exact) mass is 235 g/mol. The maximum atomic E-state index is 5.54. The van der Waals surface area contributed by atoms with Crippen LogP contribution in [0.5, 0.6) is 0 Å². The van der Waals surface area contributed by atoms with E-state index in [-0.39, 0.29) is 6.10 Å². The van der Waals surface area contributed by atoms with Crippen molar-refractivity contribution in [3.63, 3.8) is 0 Å². The van der Waals surface area contributed by atoms with Crippen LogP contribution in [-0.2, 0) is 4.74 Å². The lowest BCUT2D eigenvalue weighted by molar-refractivity contribution is 0.121. The predicted octanol–water partition coefficient (Wildman–Crippen LogP) is 2.49. The van der Waals surface area contributed by atoms with Gasteiger partial charge in [0, 0.05) is 31.1 Å². The van der Waals surface area contributed by atoms with E-state index in [1.54, 1.807) is 0 Å². The van der Waals surface area contributed by atoms with E-state index in [9.17, 15) is 0 Å². The summed E-state index contributed by atoms with van der Waals surface area (Å²) in [6.07, 6.45) is 4.30. The van der Waals surface area contributed by atoms with Crippen molar-refractivity contribution in [2.45, 2.75) is 38.8 Å². The molecule has 1 aromatic heterocycles. The summed E-state index contributed by atoms with van der Waals surface area (Å²) in [5.41, 5.74) is 1.11. The zero-order valence-electron chi connectivity index (χ0n) is 10.6. The molecule has 2 unspecified atom stereocenters. The van der Waals surface area contributed by atoms with E-state index in [0.29, 0.717) is 6.04 Å². The Bertz CT molecular complexity index is 356. The molecule has 1 aliphatic rings. The van der Waals surface area contributed by atoms with Crippen molar-refractivity contribution in [3.8, 4) is 0 Å². The maximum absolute atomic E-state index is 5.54. The number of hydrogen-bond donors (Lipinski definition) is 2. The summed E-state index contributed by atoms with van der Waals surface area (Å²) in [7, 11) is 0. The highest BCUT2D eigenvalue weighted by Gasteiger charge is 2.23. The van der Waals surface area contributed by atoms with Crippen LogP contribution >= 0.6 is 0 Å². The fourth-order valence-electron chi connectivity index (χ4n) is 2.01. The van der Waals surface area contributed by atoms with E-state index < -0.39 is 0 Å². The maximum Gasteiger partial charge on any atom is 0.127 e.